The van der Waals surface area contributed by atoms with Crippen LogP contribution in [0.5, 0.6) is 0 Å². The number of amides is 1. The van der Waals surface area contributed by atoms with Crippen LogP contribution in [0.3, 0.4) is 0 Å². The van der Waals surface area contributed by atoms with Gasteiger partial charge in [-0.2, -0.15) is 0 Å². The van der Waals surface area contributed by atoms with Crippen molar-refractivity contribution in [3.63, 3.8) is 0 Å². The first-order valence-electron chi connectivity index (χ1n) is 4.26. The lowest BCUT2D eigenvalue weighted by molar-refractivity contribution is -0.144. The van der Waals surface area contributed by atoms with Gasteiger partial charge in [0, 0.05) is 0 Å². The Morgan fingerprint density at radius 1 is 1.27 bits per heavy atom. The number of rotatable bonds is 7. The van der Waals surface area contributed by atoms with E-state index >= 15 is 0 Å². The van der Waals surface area contributed by atoms with Gasteiger partial charge in [-0.25, -0.2) is 4.79 Å². The topological polar surface area (TPSA) is 116 Å². The van der Waals surface area contributed by atoms with Gasteiger partial charge in [-0.3, -0.25) is 4.79 Å². The van der Waals surface area contributed by atoms with E-state index in [0.29, 0.717) is 0 Å². The molecule has 0 heterocycles. The normalized spacial score (nSPS) is 11.1. The van der Waals surface area contributed by atoms with Crippen LogP contribution < -0.4 is 5.32 Å². The molecule has 0 unspecified atom stereocenters. The molecule has 4 N–H and O–H groups in total. The minimum atomic E-state index is -1.17. The van der Waals surface area contributed by atoms with Crippen LogP contribution in [0.1, 0.15) is 6.92 Å². The molecular weight excluding hydrogens is 206 g/mol. The standard InChI is InChI=1S/C8H15NO6/c1-8(4-10,5-11)9-6(12)2-15-3-7(13)14/h10-11H,2-5H2,1H3,(H,9,12)(H,13,14). The van der Waals surface area contributed by atoms with Crippen LogP contribution in [-0.4, -0.2) is 59.2 Å². The van der Waals surface area contributed by atoms with Crippen molar-refractivity contribution in [2.24, 2.45) is 0 Å². The molecular formula is C8H15NO6. The number of hydrogen-bond donors (Lipinski definition) is 4. The summed E-state index contributed by atoms with van der Waals surface area (Å²) in [5.41, 5.74) is -1.12. The van der Waals surface area contributed by atoms with Crippen molar-refractivity contribution < 1.29 is 29.6 Å². The van der Waals surface area contributed by atoms with E-state index in [4.69, 9.17) is 15.3 Å². The Hall–Kier alpha value is -1.18. The van der Waals surface area contributed by atoms with Gasteiger partial charge >= 0.3 is 5.97 Å². The van der Waals surface area contributed by atoms with Crippen molar-refractivity contribution in [1.29, 1.82) is 0 Å². The van der Waals surface area contributed by atoms with Crippen LogP contribution in [0, 0.1) is 0 Å². The maximum absolute atomic E-state index is 11.1. The largest absolute Gasteiger partial charge is 0.480 e. The summed E-state index contributed by atoms with van der Waals surface area (Å²) in [5.74, 6) is -1.77. The number of aliphatic hydroxyl groups is 2. The number of carbonyl (C=O) groups is 2. The van der Waals surface area contributed by atoms with Crippen molar-refractivity contribution >= 4 is 11.9 Å². The molecule has 7 heteroatoms. The zero-order valence-corrected chi connectivity index (χ0v) is 8.39. The van der Waals surface area contributed by atoms with E-state index in [0.717, 1.165) is 0 Å². The minimum Gasteiger partial charge on any atom is -0.480 e. The van der Waals surface area contributed by atoms with E-state index in [9.17, 15) is 9.59 Å². The molecule has 0 atom stereocenters. The Morgan fingerprint density at radius 3 is 2.20 bits per heavy atom. The van der Waals surface area contributed by atoms with E-state index in [-0.39, 0.29) is 0 Å². The highest BCUT2D eigenvalue weighted by Crippen LogP contribution is 1.99. The summed E-state index contributed by atoms with van der Waals surface area (Å²) in [5, 5.41) is 28.2. The van der Waals surface area contributed by atoms with Gasteiger partial charge in [-0.1, -0.05) is 0 Å². The molecule has 0 bridgehead atoms. The van der Waals surface area contributed by atoms with Crippen LogP contribution in [-0.2, 0) is 14.3 Å². The highest BCUT2D eigenvalue weighted by molar-refractivity contribution is 5.78. The predicted octanol–water partition coefficient (Wildman–Crippen LogP) is -2.05. The number of hydrogen-bond acceptors (Lipinski definition) is 5. The molecule has 0 aromatic rings. The van der Waals surface area contributed by atoms with E-state index in [2.05, 4.69) is 10.1 Å². The van der Waals surface area contributed by atoms with Crippen molar-refractivity contribution in [3.8, 4) is 0 Å². The fraction of sp³-hybridized carbons (Fsp3) is 0.750. The zero-order valence-electron chi connectivity index (χ0n) is 8.39. The molecule has 0 saturated heterocycles. The number of carboxylic acid groups (broad SMARTS) is 1. The van der Waals surface area contributed by atoms with Crippen LogP contribution >= 0.6 is 0 Å². The molecule has 15 heavy (non-hydrogen) atoms. The Kier molecular flexibility index (Phi) is 5.83. The van der Waals surface area contributed by atoms with Gasteiger partial charge in [-0.05, 0) is 6.92 Å². The van der Waals surface area contributed by atoms with Gasteiger partial charge in [0.15, 0.2) is 0 Å². The van der Waals surface area contributed by atoms with E-state index in [1.54, 1.807) is 0 Å². The molecule has 0 fully saturated rings. The Morgan fingerprint density at radius 2 is 1.80 bits per heavy atom. The second kappa shape index (κ2) is 6.33. The van der Waals surface area contributed by atoms with E-state index in [1.807, 2.05) is 0 Å². The summed E-state index contributed by atoms with van der Waals surface area (Å²) >= 11 is 0. The molecule has 1 amide bonds. The third-order valence-corrected chi connectivity index (χ3v) is 1.60. The summed E-state index contributed by atoms with van der Waals surface area (Å²) in [6, 6.07) is 0. The van der Waals surface area contributed by atoms with Crippen molar-refractivity contribution in [2.75, 3.05) is 26.4 Å². The van der Waals surface area contributed by atoms with Crippen molar-refractivity contribution in [3.05, 3.63) is 0 Å². The first-order chi connectivity index (χ1) is 6.93. The fourth-order valence-corrected chi connectivity index (χ4v) is 0.733. The highest BCUT2D eigenvalue weighted by atomic mass is 16.5. The predicted molar refractivity (Wildman–Crippen MR) is 49.2 cm³/mol. The summed E-state index contributed by atoms with van der Waals surface area (Å²) in [6.07, 6.45) is 0. The second-order valence-corrected chi connectivity index (χ2v) is 3.31. The van der Waals surface area contributed by atoms with Crippen LogP contribution in [0.2, 0.25) is 0 Å². The number of ether oxygens (including phenoxy) is 1. The van der Waals surface area contributed by atoms with Gasteiger partial charge in [0.25, 0.3) is 0 Å². The molecule has 7 nitrogen and oxygen atoms in total. The molecule has 0 aromatic carbocycles. The van der Waals surface area contributed by atoms with Gasteiger partial charge in [-0.15, -0.1) is 0 Å². The average molecular weight is 221 g/mol. The number of carboxylic acids is 1. The van der Waals surface area contributed by atoms with E-state index < -0.39 is 43.8 Å². The monoisotopic (exact) mass is 221 g/mol. The Labute approximate surface area is 86.7 Å². The van der Waals surface area contributed by atoms with Crippen molar-refractivity contribution in [2.45, 2.75) is 12.5 Å². The molecule has 0 aliphatic carbocycles. The lowest BCUT2D eigenvalue weighted by Crippen LogP contribution is -2.52. The third-order valence-electron chi connectivity index (χ3n) is 1.60. The summed E-state index contributed by atoms with van der Waals surface area (Å²) in [6.45, 7) is -0.394. The minimum absolute atomic E-state index is 0.422. The average Bonchev–Trinajstić information content (AvgIpc) is 2.17. The molecule has 0 aromatic heterocycles. The lowest BCUT2D eigenvalue weighted by Gasteiger charge is -2.25. The van der Waals surface area contributed by atoms with E-state index in [1.165, 1.54) is 6.92 Å². The first kappa shape index (κ1) is 13.8. The first-order valence-corrected chi connectivity index (χ1v) is 4.26. The van der Waals surface area contributed by atoms with Gasteiger partial charge < -0.3 is 25.4 Å². The summed E-state index contributed by atoms with van der Waals surface area (Å²) < 4.78 is 4.52. The maximum atomic E-state index is 11.1. The molecule has 88 valence electrons. The van der Waals surface area contributed by atoms with Crippen LogP contribution in [0.4, 0.5) is 0 Å². The number of nitrogens with one attached hydrogen (secondary N) is 1. The molecule has 0 saturated carbocycles. The Balaban J connectivity index is 3.87. The van der Waals surface area contributed by atoms with Gasteiger partial charge in [0.2, 0.25) is 5.91 Å². The third kappa shape index (κ3) is 6.00. The molecule has 0 aliphatic rings. The smallest absolute Gasteiger partial charge is 0.329 e. The molecule has 0 spiro atoms. The quantitative estimate of drug-likeness (QED) is 0.393. The molecule has 0 aliphatic heterocycles. The van der Waals surface area contributed by atoms with Crippen molar-refractivity contribution in [1.82, 2.24) is 5.32 Å². The zero-order chi connectivity index (χ0) is 11.9. The number of aliphatic hydroxyl groups excluding tert-OH is 2. The molecule has 0 rings (SSSR count). The lowest BCUT2D eigenvalue weighted by atomic mass is 10.1. The van der Waals surface area contributed by atoms with Gasteiger partial charge in [0.05, 0.1) is 18.8 Å². The number of carbonyl (C=O) groups excluding carboxylic acids is 1. The highest BCUT2D eigenvalue weighted by Gasteiger charge is 2.24. The Bertz CT molecular complexity index is 225. The second-order valence-electron chi connectivity index (χ2n) is 3.31. The summed E-state index contributed by atoms with van der Waals surface area (Å²) in [7, 11) is 0. The van der Waals surface area contributed by atoms with Gasteiger partial charge in [0.1, 0.15) is 13.2 Å². The maximum Gasteiger partial charge on any atom is 0.329 e. The number of aliphatic carboxylic acids is 1. The fourth-order valence-electron chi connectivity index (χ4n) is 0.733. The SMILES string of the molecule is CC(CO)(CO)NC(=O)COCC(=O)O. The van der Waals surface area contributed by atoms with Crippen LogP contribution in [0.25, 0.3) is 0 Å². The molecule has 0 radical (unpaired) electrons. The van der Waals surface area contributed by atoms with Crippen LogP contribution in [0.15, 0.2) is 0 Å². The summed E-state index contributed by atoms with van der Waals surface area (Å²) in [4.78, 5) is 21.1.